The van der Waals surface area contributed by atoms with E-state index >= 15 is 0 Å². The molecule has 0 aromatic heterocycles. The van der Waals surface area contributed by atoms with Crippen LogP contribution in [-0.4, -0.2) is 18.5 Å². The van der Waals surface area contributed by atoms with Gasteiger partial charge in [-0.1, -0.05) is 42.8 Å². The Bertz CT molecular complexity index is 618. The summed E-state index contributed by atoms with van der Waals surface area (Å²) in [7, 11) is 0. The van der Waals surface area contributed by atoms with Gasteiger partial charge in [-0.2, -0.15) is 0 Å². The standard InChI is InChI=1S/C17H20N2O/c18-16-10-4-7-13(16)11-19-17(20)15-9-3-6-12-5-1-2-8-14(12)15/h1-3,5-6,8-9,13,16H,4,7,10-11,18H2,(H,19,20). The van der Waals surface area contributed by atoms with Gasteiger partial charge in [-0.25, -0.2) is 0 Å². The predicted molar refractivity (Wildman–Crippen MR) is 81.6 cm³/mol. The molecule has 104 valence electrons. The lowest BCUT2D eigenvalue weighted by molar-refractivity contribution is 0.0948. The van der Waals surface area contributed by atoms with E-state index in [1.165, 1.54) is 6.42 Å². The summed E-state index contributed by atoms with van der Waals surface area (Å²) < 4.78 is 0. The Kier molecular flexibility index (Phi) is 3.70. The lowest BCUT2D eigenvalue weighted by atomic mass is 10.0. The Morgan fingerprint density at radius 2 is 1.95 bits per heavy atom. The molecule has 2 unspecified atom stereocenters. The highest BCUT2D eigenvalue weighted by Gasteiger charge is 2.24. The van der Waals surface area contributed by atoms with Crippen molar-refractivity contribution in [2.45, 2.75) is 25.3 Å². The number of benzene rings is 2. The number of fused-ring (bicyclic) bond motifs is 1. The normalized spacial score (nSPS) is 22.1. The SMILES string of the molecule is NC1CCCC1CNC(=O)c1cccc2ccccc12. The molecule has 3 heteroatoms. The van der Waals surface area contributed by atoms with Gasteiger partial charge in [-0.05, 0) is 35.6 Å². The van der Waals surface area contributed by atoms with E-state index in [4.69, 9.17) is 5.73 Å². The van der Waals surface area contributed by atoms with Gasteiger partial charge in [0.05, 0.1) is 0 Å². The minimum absolute atomic E-state index is 0.000833. The molecule has 1 aliphatic carbocycles. The molecule has 0 spiro atoms. The average molecular weight is 268 g/mol. The zero-order valence-corrected chi connectivity index (χ0v) is 11.5. The van der Waals surface area contributed by atoms with E-state index in [-0.39, 0.29) is 11.9 Å². The van der Waals surface area contributed by atoms with Crippen LogP contribution in [0.5, 0.6) is 0 Å². The van der Waals surface area contributed by atoms with Crippen LogP contribution in [-0.2, 0) is 0 Å². The number of nitrogens with one attached hydrogen (secondary N) is 1. The van der Waals surface area contributed by atoms with Crippen LogP contribution in [0.25, 0.3) is 10.8 Å². The van der Waals surface area contributed by atoms with Crippen LogP contribution in [0.15, 0.2) is 42.5 Å². The lowest BCUT2D eigenvalue weighted by Gasteiger charge is -2.16. The van der Waals surface area contributed by atoms with E-state index in [2.05, 4.69) is 5.32 Å². The van der Waals surface area contributed by atoms with Crippen molar-refractivity contribution in [1.82, 2.24) is 5.32 Å². The lowest BCUT2D eigenvalue weighted by Crippen LogP contribution is -2.36. The monoisotopic (exact) mass is 268 g/mol. The molecule has 0 bridgehead atoms. The van der Waals surface area contributed by atoms with Crippen molar-refractivity contribution in [3.8, 4) is 0 Å². The van der Waals surface area contributed by atoms with Gasteiger partial charge in [0.1, 0.15) is 0 Å². The maximum Gasteiger partial charge on any atom is 0.251 e. The maximum atomic E-state index is 12.4. The fourth-order valence-electron chi connectivity index (χ4n) is 3.06. The molecule has 20 heavy (non-hydrogen) atoms. The van der Waals surface area contributed by atoms with E-state index in [9.17, 15) is 4.79 Å². The first-order chi connectivity index (χ1) is 9.75. The van der Waals surface area contributed by atoms with Crippen molar-refractivity contribution < 1.29 is 4.79 Å². The van der Waals surface area contributed by atoms with Crippen LogP contribution in [0, 0.1) is 5.92 Å². The molecule has 2 aromatic rings. The number of nitrogens with two attached hydrogens (primary N) is 1. The Morgan fingerprint density at radius 3 is 2.75 bits per heavy atom. The van der Waals surface area contributed by atoms with Crippen molar-refractivity contribution in [3.05, 3.63) is 48.0 Å². The predicted octanol–water partition coefficient (Wildman–Crippen LogP) is 2.70. The maximum absolute atomic E-state index is 12.4. The third-order valence-electron chi connectivity index (χ3n) is 4.28. The van der Waals surface area contributed by atoms with Gasteiger partial charge in [-0.15, -0.1) is 0 Å². The highest BCUT2D eigenvalue weighted by molar-refractivity contribution is 6.06. The third kappa shape index (κ3) is 2.54. The van der Waals surface area contributed by atoms with Gasteiger partial charge in [0.2, 0.25) is 0 Å². The van der Waals surface area contributed by atoms with Crippen LogP contribution in [0.2, 0.25) is 0 Å². The zero-order chi connectivity index (χ0) is 13.9. The summed E-state index contributed by atoms with van der Waals surface area (Å²) in [5.41, 5.74) is 6.79. The smallest absolute Gasteiger partial charge is 0.251 e. The van der Waals surface area contributed by atoms with Crippen molar-refractivity contribution in [2.24, 2.45) is 11.7 Å². The highest BCUT2D eigenvalue weighted by Crippen LogP contribution is 2.23. The van der Waals surface area contributed by atoms with Crippen molar-refractivity contribution in [1.29, 1.82) is 0 Å². The Hall–Kier alpha value is -1.87. The molecule has 3 nitrogen and oxygen atoms in total. The number of rotatable bonds is 3. The molecular formula is C17H20N2O. The van der Waals surface area contributed by atoms with Gasteiger partial charge in [-0.3, -0.25) is 4.79 Å². The molecule has 1 amide bonds. The second-order valence-electron chi connectivity index (χ2n) is 5.59. The largest absolute Gasteiger partial charge is 0.352 e. The van der Waals surface area contributed by atoms with Gasteiger partial charge in [0, 0.05) is 18.2 Å². The zero-order valence-electron chi connectivity index (χ0n) is 11.5. The molecule has 0 heterocycles. The van der Waals surface area contributed by atoms with Crippen LogP contribution in [0.4, 0.5) is 0 Å². The van der Waals surface area contributed by atoms with Gasteiger partial charge >= 0.3 is 0 Å². The van der Waals surface area contributed by atoms with E-state index in [0.29, 0.717) is 12.5 Å². The molecular weight excluding hydrogens is 248 g/mol. The quantitative estimate of drug-likeness (QED) is 0.899. The van der Waals surface area contributed by atoms with E-state index in [1.54, 1.807) is 0 Å². The molecule has 0 aliphatic heterocycles. The minimum atomic E-state index is 0.000833. The first kappa shape index (κ1) is 13.1. The average Bonchev–Trinajstić information content (AvgIpc) is 2.89. The number of amides is 1. The number of hydrogen-bond donors (Lipinski definition) is 2. The minimum Gasteiger partial charge on any atom is -0.352 e. The van der Waals surface area contributed by atoms with Gasteiger partial charge < -0.3 is 11.1 Å². The first-order valence-electron chi connectivity index (χ1n) is 7.27. The van der Waals surface area contributed by atoms with Crippen molar-refractivity contribution in [2.75, 3.05) is 6.54 Å². The molecule has 3 rings (SSSR count). The molecule has 0 radical (unpaired) electrons. The summed E-state index contributed by atoms with van der Waals surface area (Å²) in [6.45, 7) is 0.684. The summed E-state index contributed by atoms with van der Waals surface area (Å²) >= 11 is 0. The van der Waals surface area contributed by atoms with Gasteiger partial charge in [0.15, 0.2) is 0 Å². The number of hydrogen-bond acceptors (Lipinski definition) is 2. The Morgan fingerprint density at radius 1 is 1.15 bits per heavy atom. The fraction of sp³-hybridized carbons (Fsp3) is 0.353. The number of carbonyl (C=O) groups is 1. The topological polar surface area (TPSA) is 55.1 Å². The first-order valence-corrected chi connectivity index (χ1v) is 7.27. The summed E-state index contributed by atoms with van der Waals surface area (Å²) in [4.78, 5) is 12.4. The molecule has 2 atom stereocenters. The van der Waals surface area contributed by atoms with Crippen LogP contribution in [0.1, 0.15) is 29.6 Å². The molecule has 1 saturated carbocycles. The molecule has 3 N–H and O–H groups in total. The Labute approximate surface area is 119 Å². The van der Waals surface area contributed by atoms with Crippen LogP contribution >= 0.6 is 0 Å². The molecule has 1 aliphatic rings. The van der Waals surface area contributed by atoms with Crippen LogP contribution in [0.3, 0.4) is 0 Å². The third-order valence-corrected chi connectivity index (χ3v) is 4.28. The summed E-state index contributed by atoms with van der Waals surface area (Å²) in [6, 6.07) is 14.0. The molecule has 1 fully saturated rings. The van der Waals surface area contributed by atoms with Crippen LogP contribution < -0.4 is 11.1 Å². The summed E-state index contributed by atoms with van der Waals surface area (Å²) in [5, 5.41) is 5.14. The number of carbonyl (C=O) groups excluding carboxylic acids is 1. The van der Waals surface area contributed by atoms with Crippen molar-refractivity contribution >= 4 is 16.7 Å². The highest BCUT2D eigenvalue weighted by atomic mass is 16.1. The summed E-state index contributed by atoms with van der Waals surface area (Å²) in [6.07, 6.45) is 3.38. The second kappa shape index (κ2) is 5.63. The molecule has 2 aromatic carbocycles. The van der Waals surface area contributed by atoms with E-state index < -0.39 is 0 Å². The summed E-state index contributed by atoms with van der Waals surface area (Å²) in [5.74, 6) is 0.426. The van der Waals surface area contributed by atoms with E-state index in [1.807, 2.05) is 42.5 Å². The van der Waals surface area contributed by atoms with Gasteiger partial charge in [0.25, 0.3) is 5.91 Å². The van der Waals surface area contributed by atoms with Crippen molar-refractivity contribution in [3.63, 3.8) is 0 Å². The fourth-order valence-corrected chi connectivity index (χ4v) is 3.06. The Balaban J connectivity index is 1.75. The second-order valence-corrected chi connectivity index (χ2v) is 5.59. The molecule has 0 saturated heterocycles. The van der Waals surface area contributed by atoms with E-state index in [0.717, 1.165) is 29.2 Å².